The van der Waals surface area contributed by atoms with Gasteiger partial charge in [0.25, 0.3) is 0 Å². The predicted molar refractivity (Wildman–Crippen MR) is 86.9 cm³/mol. The first kappa shape index (κ1) is 16.2. The van der Waals surface area contributed by atoms with E-state index in [1.807, 2.05) is 30.3 Å². The van der Waals surface area contributed by atoms with E-state index in [-0.39, 0.29) is 0 Å². The maximum Gasteiger partial charge on any atom is 0.0966 e. The summed E-state index contributed by atoms with van der Waals surface area (Å²) in [7, 11) is -1.49. The summed E-state index contributed by atoms with van der Waals surface area (Å²) >= 11 is 0. The first-order chi connectivity index (χ1) is 8.82. The van der Waals surface area contributed by atoms with E-state index in [4.69, 9.17) is 0 Å². The number of hydrogen-bond donors (Lipinski definition) is 1. The minimum Gasteiger partial charge on any atom is -0.384 e. The van der Waals surface area contributed by atoms with Crippen LogP contribution in [-0.2, 0) is 0 Å². The molecule has 1 N–H and O–H groups in total. The van der Waals surface area contributed by atoms with Crippen LogP contribution in [0.25, 0.3) is 0 Å². The molecule has 0 aliphatic rings. The zero-order valence-corrected chi connectivity index (χ0v) is 14.0. The van der Waals surface area contributed by atoms with E-state index in [0.29, 0.717) is 5.92 Å². The van der Waals surface area contributed by atoms with Crippen LogP contribution in [0.1, 0.15) is 38.4 Å². The van der Waals surface area contributed by atoms with E-state index in [1.165, 1.54) is 11.6 Å². The second kappa shape index (κ2) is 7.06. The largest absolute Gasteiger partial charge is 0.384 e. The van der Waals surface area contributed by atoms with Gasteiger partial charge in [-0.2, -0.15) is 0 Å². The Balaban J connectivity index is 2.92. The van der Waals surface area contributed by atoms with Crippen LogP contribution in [0.15, 0.2) is 41.6 Å². The Labute approximate surface area is 119 Å². The Hall–Kier alpha value is -0.863. The number of benzene rings is 1. The quantitative estimate of drug-likeness (QED) is 0.728. The summed E-state index contributed by atoms with van der Waals surface area (Å²) in [6.45, 7) is 11.4. The highest BCUT2D eigenvalue weighted by atomic mass is 28.3. The monoisotopic (exact) mass is 276 g/mol. The molecule has 2 heteroatoms. The third-order valence-electron chi connectivity index (χ3n) is 3.38. The molecule has 0 saturated carbocycles. The van der Waals surface area contributed by atoms with E-state index in [2.05, 4.69) is 39.6 Å². The lowest BCUT2D eigenvalue weighted by molar-refractivity contribution is 0.222. The number of aliphatic hydroxyl groups excluding tert-OH is 1. The molecule has 1 nitrogen and oxygen atoms in total. The SMILES string of the molecule is CC(C)CC/C=C(/C(O)c1ccccc1)[Si](C)(C)C. The molecule has 0 spiro atoms. The second-order valence-corrected chi connectivity index (χ2v) is 11.8. The van der Waals surface area contributed by atoms with Crippen LogP contribution in [0, 0.1) is 5.92 Å². The lowest BCUT2D eigenvalue weighted by Crippen LogP contribution is -2.28. The van der Waals surface area contributed by atoms with Crippen molar-refractivity contribution in [2.75, 3.05) is 0 Å². The second-order valence-electron chi connectivity index (χ2n) is 6.69. The molecule has 1 atom stereocenters. The Morgan fingerprint density at radius 2 is 1.74 bits per heavy atom. The average molecular weight is 276 g/mol. The van der Waals surface area contributed by atoms with Crippen molar-refractivity contribution in [3.8, 4) is 0 Å². The molecule has 0 saturated heterocycles. The number of rotatable bonds is 6. The van der Waals surface area contributed by atoms with Crippen LogP contribution in [0.4, 0.5) is 0 Å². The summed E-state index contributed by atoms with van der Waals surface area (Å²) < 4.78 is 0. The number of aliphatic hydroxyl groups is 1. The van der Waals surface area contributed by atoms with Gasteiger partial charge >= 0.3 is 0 Å². The van der Waals surface area contributed by atoms with Gasteiger partial charge in [-0.15, -0.1) is 0 Å². The minimum atomic E-state index is -1.49. The average Bonchev–Trinajstić information content (AvgIpc) is 2.33. The molecule has 0 heterocycles. The van der Waals surface area contributed by atoms with Gasteiger partial charge < -0.3 is 5.11 Å². The fourth-order valence-corrected chi connectivity index (χ4v) is 3.96. The lowest BCUT2D eigenvalue weighted by atomic mass is 10.1. The van der Waals surface area contributed by atoms with Crippen molar-refractivity contribution in [2.24, 2.45) is 5.92 Å². The van der Waals surface area contributed by atoms with Crippen LogP contribution in [0.3, 0.4) is 0 Å². The molecule has 106 valence electrons. The molecule has 0 amide bonds. The molecule has 0 aliphatic heterocycles. The molecular formula is C17H28OSi. The molecule has 0 bridgehead atoms. The topological polar surface area (TPSA) is 20.2 Å². The van der Waals surface area contributed by atoms with Crippen molar-refractivity contribution in [1.82, 2.24) is 0 Å². The van der Waals surface area contributed by atoms with Gasteiger partial charge in [-0.05, 0) is 24.3 Å². The van der Waals surface area contributed by atoms with Crippen molar-refractivity contribution >= 4 is 8.07 Å². The Bertz CT molecular complexity index is 401. The van der Waals surface area contributed by atoms with Gasteiger partial charge in [0.15, 0.2) is 0 Å². The molecule has 0 fully saturated rings. The maximum absolute atomic E-state index is 10.6. The molecule has 0 aromatic heterocycles. The van der Waals surface area contributed by atoms with Crippen molar-refractivity contribution in [3.63, 3.8) is 0 Å². The Morgan fingerprint density at radius 1 is 1.16 bits per heavy atom. The zero-order chi connectivity index (χ0) is 14.5. The van der Waals surface area contributed by atoms with Crippen LogP contribution in [0.2, 0.25) is 19.6 Å². The smallest absolute Gasteiger partial charge is 0.0966 e. The summed E-state index contributed by atoms with van der Waals surface area (Å²) in [4.78, 5) is 0. The molecule has 1 aromatic carbocycles. The molecule has 19 heavy (non-hydrogen) atoms. The fraction of sp³-hybridized carbons (Fsp3) is 0.529. The lowest BCUT2D eigenvalue weighted by Gasteiger charge is -2.26. The summed E-state index contributed by atoms with van der Waals surface area (Å²) in [6.07, 6.45) is 4.13. The van der Waals surface area contributed by atoms with E-state index >= 15 is 0 Å². The highest BCUT2D eigenvalue weighted by molar-refractivity contribution is 6.83. The molecule has 1 rings (SSSR count). The van der Waals surface area contributed by atoms with Gasteiger partial charge in [0, 0.05) is 0 Å². The van der Waals surface area contributed by atoms with Gasteiger partial charge in [0.2, 0.25) is 0 Å². The molecule has 1 unspecified atom stereocenters. The van der Waals surface area contributed by atoms with E-state index in [1.54, 1.807) is 0 Å². The van der Waals surface area contributed by atoms with Gasteiger partial charge in [0.1, 0.15) is 0 Å². The first-order valence-corrected chi connectivity index (χ1v) is 10.8. The van der Waals surface area contributed by atoms with Crippen molar-refractivity contribution in [2.45, 2.75) is 52.4 Å². The van der Waals surface area contributed by atoms with Crippen LogP contribution in [0.5, 0.6) is 0 Å². The third-order valence-corrected chi connectivity index (χ3v) is 5.59. The molecular weight excluding hydrogens is 248 g/mol. The van der Waals surface area contributed by atoms with E-state index in [9.17, 15) is 5.11 Å². The minimum absolute atomic E-state index is 0.431. The summed E-state index contributed by atoms with van der Waals surface area (Å²) in [5.74, 6) is 0.716. The normalized spacial score (nSPS) is 14.8. The van der Waals surface area contributed by atoms with Crippen molar-refractivity contribution in [3.05, 3.63) is 47.2 Å². The molecule has 0 radical (unpaired) electrons. The molecule has 1 aromatic rings. The number of allylic oxidation sites excluding steroid dienone is 1. The van der Waals surface area contributed by atoms with Gasteiger partial charge in [-0.3, -0.25) is 0 Å². The van der Waals surface area contributed by atoms with Gasteiger partial charge in [-0.1, -0.05) is 75.1 Å². The van der Waals surface area contributed by atoms with Crippen molar-refractivity contribution < 1.29 is 5.11 Å². The van der Waals surface area contributed by atoms with E-state index in [0.717, 1.165) is 12.0 Å². The van der Waals surface area contributed by atoms with Crippen LogP contribution in [-0.4, -0.2) is 13.2 Å². The fourth-order valence-electron chi connectivity index (χ4n) is 2.22. The highest BCUT2D eigenvalue weighted by Gasteiger charge is 2.26. The third kappa shape index (κ3) is 5.33. The summed E-state index contributed by atoms with van der Waals surface area (Å²) in [5, 5.41) is 11.9. The first-order valence-electron chi connectivity index (χ1n) is 7.26. The molecule has 0 aliphatic carbocycles. The van der Waals surface area contributed by atoms with Gasteiger partial charge in [0.05, 0.1) is 14.2 Å². The summed E-state index contributed by atoms with van der Waals surface area (Å²) in [6, 6.07) is 10.0. The predicted octanol–water partition coefficient (Wildman–Crippen LogP) is 4.96. The van der Waals surface area contributed by atoms with Gasteiger partial charge in [-0.25, -0.2) is 0 Å². The van der Waals surface area contributed by atoms with E-state index < -0.39 is 14.2 Å². The van der Waals surface area contributed by atoms with Crippen LogP contribution >= 0.6 is 0 Å². The Morgan fingerprint density at radius 3 is 2.21 bits per heavy atom. The summed E-state index contributed by atoms with van der Waals surface area (Å²) in [5.41, 5.74) is 1.01. The van der Waals surface area contributed by atoms with Crippen molar-refractivity contribution in [1.29, 1.82) is 0 Å². The Kier molecular flexibility index (Phi) is 6.02. The highest BCUT2D eigenvalue weighted by Crippen LogP contribution is 2.30. The zero-order valence-electron chi connectivity index (χ0n) is 13.0. The standard InChI is InChI=1S/C17H28OSi/c1-14(2)10-9-13-16(19(3,4)5)17(18)15-11-7-6-8-12-15/h6-8,11-14,17-18H,9-10H2,1-5H3/b16-13-. The maximum atomic E-state index is 10.6. The number of hydrogen-bond acceptors (Lipinski definition) is 1. The van der Waals surface area contributed by atoms with Crippen LogP contribution < -0.4 is 0 Å².